The van der Waals surface area contributed by atoms with Crippen molar-refractivity contribution in [2.75, 3.05) is 0 Å². The summed E-state index contributed by atoms with van der Waals surface area (Å²) in [7, 11) is -0.707. The van der Waals surface area contributed by atoms with Crippen molar-refractivity contribution in [2.45, 2.75) is 0 Å². The number of hydrogen-bond acceptors (Lipinski definition) is 3. The van der Waals surface area contributed by atoms with Gasteiger partial charge in [-0.15, -0.1) is 0 Å². The third-order valence-electron chi connectivity index (χ3n) is 8.37. The Labute approximate surface area is 255 Å². The number of fused-ring (bicyclic) bond motifs is 6. The van der Waals surface area contributed by atoms with Gasteiger partial charge in [0.05, 0.1) is 11.0 Å². The molecule has 0 aliphatic rings. The number of rotatable bonds is 4. The molecule has 5 heteroatoms. The lowest BCUT2D eigenvalue weighted by molar-refractivity contribution is 0.954. The summed E-state index contributed by atoms with van der Waals surface area (Å²) in [6, 6.07) is 53.5. The molecule has 9 aromatic rings. The van der Waals surface area contributed by atoms with Crippen molar-refractivity contribution in [3.63, 3.8) is 0 Å². The zero-order valence-electron chi connectivity index (χ0n) is 23.7. The van der Waals surface area contributed by atoms with Gasteiger partial charge in [0.1, 0.15) is 0 Å². The van der Waals surface area contributed by atoms with Crippen molar-refractivity contribution in [2.24, 2.45) is 0 Å². The van der Waals surface area contributed by atoms with E-state index in [1.54, 1.807) is 0 Å². The summed E-state index contributed by atoms with van der Waals surface area (Å²) in [5.41, 5.74) is 4.09. The first-order chi connectivity index (χ1) is 21.8. The predicted molar refractivity (Wildman–Crippen MR) is 184 cm³/mol. The van der Waals surface area contributed by atoms with Crippen molar-refractivity contribution in [3.05, 3.63) is 152 Å². The normalized spacial score (nSPS) is 12.0. The van der Waals surface area contributed by atoms with E-state index in [0.29, 0.717) is 17.6 Å². The lowest BCUT2D eigenvalue weighted by atomic mass is 10.1. The minimum Gasteiger partial charge on any atom is -0.278 e. The van der Waals surface area contributed by atoms with Gasteiger partial charge in [0, 0.05) is 32.1 Å². The van der Waals surface area contributed by atoms with E-state index >= 15 is 0 Å². The van der Waals surface area contributed by atoms with E-state index in [9.17, 15) is 0 Å². The van der Waals surface area contributed by atoms with Gasteiger partial charge in [-0.05, 0) is 34.3 Å². The Morgan fingerprint density at radius 3 is 1.66 bits per heavy atom. The minimum atomic E-state index is -0.707. The van der Waals surface area contributed by atoms with Crippen LogP contribution in [0.25, 0.3) is 76.8 Å². The maximum atomic E-state index is 5.13. The Bertz CT molecular complexity index is 2420. The lowest BCUT2D eigenvalue weighted by Crippen LogP contribution is -2.06. The van der Waals surface area contributed by atoms with Crippen LogP contribution >= 0.6 is 7.53 Å². The minimum absolute atomic E-state index is 0.614. The van der Waals surface area contributed by atoms with E-state index in [4.69, 9.17) is 15.0 Å². The first-order valence-electron chi connectivity index (χ1n) is 14.7. The Hall–Kier alpha value is -5.57. The molecule has 9 rings (SSSR count). The average Bonchev–Trinajstić information content (AvgIpc) is 3.60. The largest absolute Gasteiger partial charge is 0.278 e. The molecule has 1 unspecified atom stereocenters. The van der Waals surface area contributed by atoms with Crippen LogP contribution in [-0.2, 0) is 0 Å². The van der Waals surface area contributed by atoms with E-state index in [1.807, 2.05) is 36.4 Å². The molecular formula is C39H25N4P. The monoisotopic (exact) mass is 580 g/mol. The van der Waals surface area contributed by atoms with Gasteiger partial charge in [-0.3, -0.25) is 4.57 Å². The Balaban J connectivity index is 1.41. The van der Waals surface area contributed by atoms with E-state index in [2.05, 4.69) is 120 Å². The molecular weight excluding hydrogens is 555 g/mol. The van der Waals surface area contributed by atoms with Crippen LogP contribution in [0.1, 0.15) is 0 Å². The van der Waals surface area contributed by atoms with Crippen molar-refractivity contribution in [1.29, 1.82) is 0 Å². The molecule has 0 amide bonds. The van der Waals surface area contributed by atoms with E-state index in [-0.39, 0.29) is 0 Å². The topological polar surface area (TPSA) is 43.6 Å². The maximum absolute atomic E-state index is 5.13. The molecule has 0 spiro atoms. The Morgan fingerprint density at radius 1 is 0.409 bits per heavy atom. The molecule has 1 atom stereocenters. The third-order valence-corrected chi connectivity index (χ3v) is 10.9. The highest BCUT2D eigenvalue weighted by molar-refractivity contribution is 7.67. The second-order valence-electron chi connectivity index (χ2n) is 10.9. The van der Waals surface area contributed by atoms with Crippen LogP contribution in [0.2, 0.25) is 0 Å². The SMILES string of the molecule is c1ccc(-c2nc(-c3ccccc3)nc(-n3c4ccccc4c4cc5c6ccccc6p(-c6ccccc6)c5cc43)n2)cc1. The highest BCUT2D eigenvalue weighted by atomic mass is 31.1. The van der Waals surface area contributed by atoms with Gasteiger partial charge in [0.15, 0.2) is 11.6 Å². The van der Waals surface area contributed by atoms with Gasteiger partial charge in [-0.2, -0.15) is 9.97 Å². The van der Waals surface area contributed by atoms with E-state index in [0.717, 1.165) is 22.2 Å². The Kier molecular flexibility index (Phi) is 5.68. The predicted octanol–water partition coefficient (Wildman–Crippen LogP) is 10.6. The van der Waals surface area contributed by atoms with Crippen LogP contribution in [-0.4, -0.2) is 19.5 Å². The molecule has 0 fully saturated rings. The molecule has 4 nitrogen and oxygen atoms in total. The highest BCUT2D eigenvalue weighted by Gasteiger charge is 2.21. The summed E-state index contributed by atoms with van der Waals surface area (Å²) >= 11 is 0. The summed E-state index contributed by atoms with van der Waals surface area (Å²) in [5.74, 6) is 1.92. The molecule has 0 radical (unpaired) electrons. The molecule has 3 aromatic heterocycles. The van der Waals surface area contributed by atoms with Gasteiger partial charge < -0.3 is 0 Å². The first-order valence-corrected chi connectivity index (χ1v) is 16.1. The van der Waals surface area contributed by atoms with Gasteiger partial charge >= 0.3 is 0 Å². The second kappa shape index (κ2) is 10.0. The van der Waals surface area contributed by atoms with Crippen molar-refractivity contribution in [1.82, 2.24) is 19.5 Å². The average molecular weight is 581 g/mol. The fourth-order valence-electron chi connectivity index (χ4n) is 6.40. The van der Waals surface area contributed by atoms with Gasteiger partial charge in [0.25, 0.3) is 0 Å². The summed E-state index contributed by atoms with van der Waals surface area (Å²) in [5, 5.41) is 9.15. The van der Waals surface area contributed by atoms with Crippen molar-refractivity contribution in [3.8, 4) is 34.0 Å². The molecule has 6 aromatic carbocycles. The lowest BCUT2D eigenvalue weighted by Gasteiger charge is -2.11. The van der Waals surface area contributed by atoms with Gasteiger partial charge in [-0.25, -0.2) is 4.98 Å². The molecule has 0 aliphatic carbocycles. The van der Waals surface area contributed by atoms with Crippen LogP contribution < -0.4 is 0 Å². The van der Waals surface area contributed by atoms with Gasteiger partial charge in [-0.1, -0.05) is 141 Å². The summed E-state index contributed by atoms with van der Waals surface area (Å²) in [6.45, 7) is 0. The number of benzene rings is 6. The number of para-hydroxylation sites is 1. The quantitative estimate of drug-likeness (QED) is 0.208. The summed E-state index contributed by atoms with van der Waals surface area (Å²) in [6.07, 6.45) is 0. The number of aromatic nitrogens is 4. The summed E-state index contributed by atoms with van der Waals surface area (Å²) in [4.78, 5) is 15.2. The highest BCUT2D eigenvalue weighted by Crippen LogP contribution is 2.56. The zero-order valence-corrected chi connectivity index (χ0v) is 24.6. The molecule has 0 bridgehead atoms. The zero-order chi connectivity index (χ0) is 29.0. The first kappa shape index (κ1) is 25.0. The van der Waals surface area contributed by atoms with Crippen LogP contribution in [0.3, 0.4) is 0 Å². The number of nitrogens with zero attached hydrogens (tertiary/aromatic N) is 4. The second-order valence-corrected chi connectivity index (χ2v) is 13.1. The van der Waals surface area contributed by atoms with Crippen molar-refractivity contribution < 1.29 is 0 Å². The van der Waals surface area contributed by atoms with E-state index in [1.165, 1.54) is 37.1 Å². The third kappa shape index (κ3) is 3.89. The van der Waals surface area contributed by atoms with E-state index < -0.39 is 7.53 Å². The Morgan fingerprint density at radius 2 is 0.977 bits per heavy atom. The van der Waals surface area contributed by atoms with Crippen molar-refractivity contribution >= 4 is 50.3 Å². The van der Waals surface area contributed by atoms with Crippen LogP contribution in [0.4, 0.5) is 0 Å². The van der Waals surface area contributed by atoms with Crippen LogP contribution in [0, 0.1) is 0 Å². The standard InChI is InChI=1S/C39H25N4P/c1-4-14-26(15-5-1)37-40-38(27-16-6-2-7-17-27)42-39(41-37)43-33-22-12-10-20-29(33)31-24-32-30-21-11-13-23-35(30)44(36(32)25-34(31)43)28-18-8-3-9-19-28/h1-25H. The fourth-order valence-corrected chi connectivity index (χ4v) is 9.03. The summed E-state index contributed by atoms with van der Waals surface area (Å²) < 4.78 is 2.23. The van der Waals surface area contributed by atoms with Crippen LogP contribution in [0.5, 0.6) is 0 Å². The van der Waals surface area contributed by atoms with Gasteiger partial charge in [0.2, 0.25) is 5.95 Å². The smallest absolute Gasteiger partial charge is 0.238 e. The molecule has 206 valence electrons. The molecule has 0 saturated carbocycles. The molecule has 3 heterocycles. The molecule has 0 aliphatic heterocycles. The molecule has 0 N–H and O–H groups in total. The molecule has 44 heavy (non-hydrogen) atoms. The maximum Gasteiger partial charge on any atom is 0.238 e. The fraction of sp³-hybridized carbons (Fsp3) is 0. The number of hydrogen-bond donors (Lipinski definition) is 0. The van der Waals surface area contributed by atoms with Crippen LogP contribution in [0.15, 0.2) is 152 Å². The molecule has 0 saturated heterocycles.